The first-order chi connectivity index (χ1) is 6.77. The van der Waals surface area contributed by atoms with Crippen molar-refractivity contribution in [2.24, 2.45) is 4.99 Å². The number of nitrogens with zero attached hydrogens (tertiary/aromatic N) is 1. The zero-order valence-electron chi connectivity index (χ0n) is 7.43. The maximum absolute atomic E-state index is 10.8. The Morgan fingerprint density at radius 1 is 1.43 bits per heavy atom. The summed E-state index contributed by atoms with van der Waals surface area (Å²) < 4.78 is 0. The summed E-state index contributed by atoms with van der Waals surface area (Å²) >= 11 is 1.54. The van der Waals surface area contributed by atoms with Crippen molar-refractivity contribution in [2.75, 3.05) is 5.75 Å². The van der Waals surface area contributed by atoms with Gasteiger partial charge < -0.3 is 5.11 Å². The lowest BCUT2D eigenvalue weighted by molar-refractivity contribution is -0.137. The van der Waals surface area contributed by atoms with Crippen LogP contribution in [0.25, 0.3) is 0 Å². The van der Waals surface area contributed by atoms with Crippen molar-refractivity contribution in [2.45, 2.75) is 6.04 Å². The largest absolute Gasteiger partial charge is 0.563 e. The molecule has 0 saturated carbocycles. The highest BCUT2D eigenvalue weighted by Crippen LogP contribution is 2.23. The zero-order valence-corrected chi connectivity index (χ0v) is 8.25. The molecule has 1 atom stereocenters. The van der Waals surface area contributed by atoms with Gasteiger partial charge in [-0.3, -0.25) is 4.99 Å². The van der Waals surface area contributed by atoms with E-state index in [-0.39, 0.29) is 0 Å². The van der Waals surface area contributed by atoms with E-state index < -0.39 is 12.0 Å². The van der Waals surface area contributed by atoms with Crippen LogP contribution in [0, 0.1) is 0 Å². The van der Waals surface area contributed by atoms with Crippen molar-refractivity contribution in [3.63, 3.8) is 0 Å². The van der Waals surface area contributed by atoms with Crippen molar-refractivity contribution in [3.05, 3.63) is 35.9 Å². The molecule has 2 rings (SSSR count). The van der Waals surface area contributed by atoms with Gasteiger partial charge >= 0.3 is 5.97 Å². The average Bonchev–Trinajstić information content (AvgIpc) is 2.68. The third-order valence-electron chi connectivity index (χ3n) is 1.97. The Balaban J connectivity index is 2.22. The van der Waals surface area contributed by atoms with Crippen LogP contribution in [-0.4, -0.2) is 27.9 Å². The number of aliphatic imine (C=N–C) groups is 1. The predicted molar refractivity (Wildman–Crippen MR) is 57.8 cm³/mol. The normalized spacial score (nSPS) is 20.6. The summed E-state index contributed by atoms with van der Waals surface area (Å²) in [4.78, 5) is 15.0. The average molecular weight is 208 g/mol. The van der Waals surface area contributed by atoms with Gasteiger partial charge in [0, 0.05) is 16.1 Å². The van der Waals surface area contributed by atoms with Gasteiger partial charge in [0.25, 0.3) is 0 Å². The summed E-state index contributed by atoms with van der Waals surface area (Å²) in [5.74, 6) is 0.00969. The van der Waals surface area contributed by atoms with Crippen LogP contribution >= 0.6 is 11.8 Å². The van der Waals surface area contributed by atoms with E-state index in [1.807, 2.05) is 30.3 Å². The van der Waals surface area contributed by atoms with Gasteiger partial charge in [0.1, 0.15) is 0 Å². The third-order valence-corrected chi connectivity index (χ3v) is 3.07. The van der Waals surface area contributed by atoms with E-state index in [0.29, 0.717) is 5.75 Å². The number of carbonyl (C=O) groups excluding carboxylic acids is 1. The summed E-state index contributed by atoms with van der Waals surface area (Å²) in [6.45, 7) is 0. The Morgan fingerprint density at radius 3 is 2.71 bits per heavy atom. The van der Waals surface area contributed by atoms with Crippen LogP contribution in [0.3, 0.4) is 0 Å². The maximum Gasteiger partial charge on any atom is 0.541 e. The van der Waals surface area contributed by atoms with Gasteiger partial charge in [0.15, 0.2) is 0 Å². The highest BCUT2D eigenvalue weighted by molar-refractivity contribution is 8.14. The number of hydrogen-bond donors (Lipinski definition) is 0. The molecule has 0 spiro atoms. The third kappa shape index (κ3) is 1.80. The maximum atomic E-state index is 10.8. The quantitative estimate of drug-likeness (QED) is 0.675. The summed E-state index contributed by atoms with van der Waals surface area (Å²) in [5.41, 5.74) is 1.03. The molecule has 1 heterocycles. The Bertz CT molecular complexity index is 375. The number of thioether (sulfide) groups is 1. The van der Waals surface area contributed by atoms with Crippen LogP contribution in [0.1, 0.15) is 5.56 Å². The monoisotopic (exact) mass is 208 g/mol. The minimum atomic E-state index is -0.594. The highest BCUT2D eigenvalue weighted by Gasteiger charge is 2.30. The van der Waals surface area contributed by atoms with Crippen molar-refractivity contribution in [1.29, 1.82) is 0 Å². The molecule has 0 radical (unpaired) electrons. The standard InChI is InChI=1S/C10H9NO2S/c12-10(13)8-6-14-9(11-8)7-4-2-1-3-5-7/h1-5,8H,6H2,(H,12,13)/p+1. The Labute approximate surface area is 85.9 Å². The van der Waals surface area contributed by atoms with Crippen LogP contribution in [0.2, 0.25) is 0 Å². The van der Waals surface area contributed by atoms with E-state index in [9.17, 15) is 4.79 Å². The Morgan fingerprint density at radius 2 is 2.14 bits per heavy atom. The first-order valence-corrected chi connectivity index (χ1v) is 5.27. The van der Waals surface area contributed by atoms with E-state index in [1.165, 1.54) is 0 Å². The summed E-state index contributed by atoms with van der Waals surface area (Å²) in [6, 6.07) is 9.28. The molecule has 3 nitrogen and oxygen atoms in total. The van der Waals surface area contributed by atoms with Crippen LogP contribution in [0.15, 0.2) is 35.3 Å². The molecular weight excluding hydrogens is 198 g/mol. The van der Waals surface area contributed by atoms with Crippen molar-refractivity contribution < 1.29 is 9.90 Å². The lowest BCUT2D eigenvalue weighted by Gasteiger charge is -1.96. The molecule has 0 saturated heterocycles. The SMILES string of the molecule is O=C([OH2+])C1CSC(c2ccccc2)=N1. The molecule has 1 aliphatic rings. The first kappa shape index (κ1) is 9.27. The molecule has 1 unspecified atom stereocenters. The highest BCUT2D eigenvalue weighted by atomic mass is 32.2. The summed E-state index contributed by atoms with van der Waals surface area (Å²) in [7, 11) is 0. The van der Waals surface area contributed by atoms with Gasteiger partial charge in [-0.15, -0.1) is 11.8 Å². The number of carbonyl (C=O) groups is 1. The van der Waals surface area contributed by atoms with Crippen molar-refractivity contribution in [3.8, 4) is 0 Å². The van der Waals surface area contributed by atoms with Gasteiger partial charge in [-0.1, -0.05) is 30.3 Å². The van der Waals surface area contributed by atoms with Gasteiger partial charge in [0.2, 0.25) is 6.04 Å². The molecule has 0 amide bonds. The molecule has 1 aromatic carbocycles. The number of benzene rings is 1. The van der Waals surface area contributed by atoms with Crippen molar-refractivity contribution in [1.82, 2.24) is 0 Å². The van der Waals surface area contributed by atoms with Crippen LogP contribution in [-0.2, 0) is 4.79 Å². The first-order valence-electron chi connectivity index (χ1n) is 4.29. The van der Waals surface area contributed by atoms with E-state index >= 15 is 0 Å². The summed E-state index contributed by atoms with van der Waals surface area (Å²) in [5, 5.41) is 7.84. The Hall–Kier alpha value is -1.29. The fourth-order valence-electron chi connectivity index (χ4n) is 1.25. The smallest absolute Gasteiger partial charge is 0.541 e. The topological polar surface area (TPSA) is 52.3 Å². The van der Waals surface area contributed by atoms with E-state index in [0.717, 1.165) is 10.6 Å². The molecule has 4 heteroatoms. The molecule has 1 aliphatic heterocycles. The zero-order chi connectivity index (χ0) is 9.97. The summed E-state index contributed by atoms with van der Waals surface area (Å²) in [6.07, 6.45) is 0. The molecule has 14 heavy (non-hydrogen) atoms. The van der Waals surface area contributed by atoms with E-state index in [4.69, 9.17) is 5.11 Å². The minimum absolute atomic E-state index is 0.463. The van der Waals surface area contributed by atoms with Gasteiger partial charge in [-0.25, -0.2) is 0 Å². The number of hydrogen-bond acceptors (Lipinski definition) is 3. The van der Waals surface area contributed by atoms with Gasteiger partial charge in [-0.2, -0.15) is 0 Å². The molecule has 72 valence electrons. The Kier molecular flexibility index (Phi) is 2.54. The van der Waals surface area contributed by atoms with Crippen LogP contribution < -0.4 is 0 Å². The van der Waals surface area contributed by atoms with E-state index in [2.05, 4.69) is 4.99 Å². The molecule has 0 fully saturated rings. The number of rotatable bonds is 2. The van der Waals surface area contributed by atoms with Crippen LogP contribution in [0.4, 0.5) is 0 Å². The second-order valence-corrected chi connectivity index (χ2v) is 4.00. The van der Waals surface area contributed by atoms with Gasteiger partial charge in [0.05, 0.1) is 5.04 Å². The lowest BCUT2D eigenvalue weighted by atomic mass is 10.2. The van der Waals surface area contributed by atoms with E-state index in [1.54, 1.807) is 11.8 Å². The molecule has 0 aliphatic carbocycles. The lowest BCUT2D eigenvalue weighted by Crippen LogP contribution is -2.17. The fraction of sp³-hybridized carbons (Fsp3) is 0.200. The fourth-order valence-corrected chi connectivity index (χ4v) is 2.29. The van der Waals surface area contributed by atoms with Crippen LogP contribution in [0.5, 0.6) is 0 Å². The molecular formula is C10H10NO2S+. The molecule has 1 aromatic rings. The predicted octanol–water partition coefficient (Wildman–Crippen LogP) is 0.800. The van der Waals surface area contributed by atoms with Crippen molar-refractivity contribution >= 4 is 22.8 Å². The second-order valence-electron chi connectivity index (χ2n) is 2.99. The second kappa shape index (κ2) is 3.84. The van der Waals surface area contributed by atoms with Gasteiger partial charge in [-0.05, 0) is 0 Å². The molecule has 2 N–H and O–H groups in total. The molecule has 0 aromatic heterocycles. The molecule has 0 bridgehead atoms. The minimum Gasteiger partial charge on any atom is -0.563 e.